The van der Waals surface area contributed by atoms with Gasteiger partial charge in [0.15, 0.2) is 23.6 Å². The van der Waals surface area contributed by atoms with Crippen molar-refractivity contribution in [3.05, 3.63) is 60.5 Å². The van der Waals surface area contributed by atoms with Crippen LogP contribution in [0.3, 0.4) is 0 Å². The van der Waals surface area contributed by atoms with Crippen LogP contribution in [0.1, 0.15) is 10.4 Å². The summed E-state index contributed by atoms with van der Waals surface area (Å²) in [5.41, 5.74) is 4.21. The highest BCUT2D eigenvalue weighted by molar-refractivity contribution is 6.05. The van der Waals surface area contributed by atoms with Gasteiger partial charge in [-0.25, -0.2) is 9.97 Å². The first-order chi connectivity index (χ1) is 12.8. The first-order valence-electron chi connectivity index (χ1n) is 7.91. The molecule has 3 N–H and O–H groups in total. The Morgan fingerprint density at radius 3 is 2.92 bits per heavy atom. The maximum absolute atomic E-state index is 12.4. The number of fused-ring (bicyclic) bond motifs is 2. The van der Waals surface area contributed by atoms with Crippen LogP contribution in [0.4, 0.5) is 5.82 Å². The molecule has 1 amide bonds. The fraction of sp³-hybridized carbons (Fsp3) is 0. The molecular formula is C18H12N6O2. The fourth-order valence-electron chi connectivity index (χ4n) is 2.77. The van der Waals surface area contributed by atoms with Crippen LogP contribution in [-0.2, 0) is 0 Å². The summed E-state index contributed by atoms with van der Waals surface area (Å²) in [6, 6.07) is 14.5. The Bertz CT molecular complexity index is 1220. The minimum Gasteiger partial charge on any atom is -0.443 e. The Morgan fingerprint density at radius 1 is 1.08 bits per heavy atom. The zero-order valence-corrected chi connectivity index (χ0v) is 13.4. The Morgan fingerprint density at radius 2 is 2.00 bits per heavy atom. The summed E-state index contributed by atoms with van der Waals surface area (Å²) in [4.78, 5) is 24.2. The quantitative estimate of drug-likeness (QED) is 0.464. The van der Waals surface area contributed by atoms with Crippen LogP contribution in [0.2, 0.25) is 0 Å². The Kier molecular flexibility index (Phi) is 3.08. The average molecular weight is 344 g/mol. The molecule has 0 saturated carbocycles. The number of carbonyl (C=O) groups excluding carboxylic acids is 1. The predicted octanol–water partition coefficient (Wildman–Crippen LogP) is 3.35. The second kappa shape index (κ2) is 5.55. The third kappa shape index (κ3) is 2.40. The minimum atomic E-state index is -0.280. The summed E-state index contributed by atoms with van der Waals surface area (Å²) < 4.78 is 5.18. The van der Waals surface area contributed by atoms with Crippen LogP contribution in [0.25, 0.3) is 33.7 Å². The lowest BCUT2D eigenvalue weighted by Crippen LogP contribution is -2.11. The number of para-hydroxylation sites is 2. The van der Waals surface area contributed by atoms with Crippen molar-refractivity contribution in [3.8, 4) is 11.5 Å². The molecule has 126 valence electrons. The number of imidazole rings is 1. The van der Waals surface area contributed by atoms with Crippen molar-refractivity contribution in [3.63, 3.8) is 0 Å². The lowest BCUT2D eigenvalue weighted by molar-refractivity contribution is 0.102. The number of hydrogen-bond acceptors (Lipinski definition) is 5. The van der Waals surface area contributed by atoms with Crippen LogP contribution in [0.5, 0.6) is 0 Å². The number of aromatic nitrogens is 5. The fourth-order valence-corrected chi connectivity index (χ4v) is 2.77. The number of anilines is 1. The zero-order valence-electron chi connectivity index (χ0n) is 13.4. The van der Waals surface area contributed by atoms with E-state index in [1.165, 1.54) is 6.39 Å². The highest BCUT2D eigenvalue weighted by atomic mass is 16.3. The average Bonchev–Trinajstić information content (AvgIpc) is 3.39. The number of nitrogens with one attached hydrogen (secondary N) is 3. The van der Waals surface area contributed by atoms with E-state index in [4.69, 9.17) is 4.42 Å². The van der Waals surface area contributed by atoms with Gasteiger partial charge < -0.3 is 14.7 Å². The summed E-state index contributed by atoms with van der Waals surface area (Å²) in [5.74, 6) is 0.784. The standard InChI is InChI=1S/C18H12N6O2/c25-18(10-5-6-15-13(7-10)19-9-26-15)22-16-8-14(23-24-16)17-20-11-3-1-2-4-12(11)21-17/h1-9H,(H,20,21)(H2,22,23,24,25). The van der Waals surface area contributed by atoms with Crippen molar-refractivity contribution in [2.45, 2.75) is 0 Å². The molecule has 0 aliphatic heterocycles. The van der Waals surface area contributed by atoms with Crippen LogP contribution in [0, 0.1) is 0 Å². The molecule has 3 aromatic heterocycles. The SMILES string of the molecule is O=C(Nc1cc(-c2nc3ccccc3[nH]2)[nH]n1)c1ccc2ocnc2c1. The highest BCUT2D eigenvalue weighted by Crippen LogP contribution is 2.21. The van der Waals surface area contributed by atoms with Crippen LogP contribution in [0.15, 0.2) is 59.3 Å². The van der Waals surface area contributed by atoms with Crippen molar-refractivity contribution in [2.24, 2.45) is 0 Å². The predicted molar refractivity (Wildman–Crippen MR) is 95.6 cm³/mol. The van der Waals surface area contributed by atoms with E-state index in [9.17, 15) is 4.79 Å². The zero-order chi connectivity index (χ0) is 17.5. The maximum Gasteiger partial charge on any atom is 0.256 e. The van der Waals surface area contributed by atoms with Crippen LogP contribution >= 0.6 is 0 Å². The van der Waals surface area contributed by atoms with Gasteiger partial charge in [-0.05, 0) is 30.3 Å². The summed E-state index contributed by atoms with van der Waals surface area (Å²) in [5, 5.41) is 9.77. The summed E-state index contributed by atoms with van der Waals surface area (Å²) in [7, 11) is 0. The van der Waals surface area contributed by atoms with Gasteiger partial charge in [-0.2, -0.15) is 5.10 Å². The van der Waals surface area contributed by atoms with Gasteiger partial charge in [0.1, 0.15) is 11.2 Å². The molecule has 0 spiro atoms. The van der Waals surface area contributed by atoms with E-state index in [0.29, 0.717) is 34.0 Å². The number of aromatic amines is 2. The molecule has 0 unspecified atom stereocenters. The van der Waals surface area contributed by atoms with Gasteiger partial charge in [-0.1, -0.05) is 12.1 Å². The molecule has 0 fully saturated rings. The third-order valence-corrected chi connectivity index (χ3v) is 4.06. The number of benzene rings is 2. The molecule has 0 saturated heterocycles. The van der Waals surface area contributed by atoms with E-state index in [1.807, 2.05) is 24.3 Å². The van der Waals surface area contributed by atoms with Gasteiger partial charge >= 0.3 is 0 Å². The number of oxazole rings is 1. The van der Waals surface area contributed by atoms with Gasteiger partial charge in [0, 0.05) is 11.6 Å². The Balaban J connectivity index is 1.40. The molecule has 8 heteroatoms. The van der Waals surface area contributed by atoms with Crippen molar-refractivity contribution in [1.29, 1.82) is 0 Å². The maximum atomic E-state index is 12.4. The van der Waals surface area contributed by atoms with Crippen LogP contribution in [-0.4, -0.2) is 31.1 Å². The van der Waals surface area contributed by atoms with E-state index in [2.05, 4.69) is 30.5 Å². The molecule has 26 heavy (non-hydrogen) atoms. The van der Waals surface area contributed by atoms with Crippen LogP contribution < -0.4 is 5.32 Å². The van der Waals surface area contributed by atoms with Gasteiger partial charge in [0.2, 0.25) is 0 Å². The number of nitrogens with zero attached hydrogens (tertiary/aromatic N) is 3. The summed E-state index contributed by atoms with van der Waals surface area (Å²) in [6.45, 7) is 0. The molecule has 5 rings (SSSR count). The van der Waals surface area contributed by atoms with Crippen molar-refractivity contribution in [1.82, 2.24) is 25.1 Å². The van der Waals surface area contributed by atoms with Crippen molar-refractivity contribution >= 4 is 33.9 Å². The second-order valence-corrected chi connectivity index (χ2v) is 5.76. The van der Waals surface area contributed by atoms with Gasteiger partial charge in [0.25, 0.3) is 5.91 Å². The summed E-state index contributed by atoms with van der Waals surface area (Å²) >= 11 is 0. The van der Waals surface area contributed by atoms with E-state index >= 15 is 0 Å². The van der Waals surface area contributed by atoms with E-state index in [1.54, 1.807) is 24.3 Å². The lowest BCUT2D eigenvalue weighted by atomic mass is 10.2. The molecular weight excluding hydrogens is 332 g/mol. The number of H-pyrrole nitrogens is 2. The normalized spacial score (nSPS) is 11.2. The first-order valence-corrected chi connectivity index (χ1v) is 7.91. The summed E-state index contributed by atoms with van der Waals surface area (Å²) in [6.07, 6.45) is 1.35. The third-order valence-electron chi connectivity index (χ3n) is 4.06. The molecule has 0 aliphatic rings. The smallest absolute Gasteiger partial charge is 0.256 e. The molecule has 0 bridgehead atoms. The topological polar surface area (TPSA) is 112 Å². The number of hydrogen-bond donors (Lipinski definition) is 3. The number of carbonyl (C=O) groups is 1. The van der Waals surface area contributed by atoms with Crippen molar-refractivity contribution in [2.75, 3.05) is 5.32 Å². The Hall–Kier alpha value is -3.94. The first kappa shape index (κ1) is 14.4. The molecule has 5 aromatic rings. The monoisotopic (exact) mass is 344 g/mol. The van der Waals surface area contributed by atoms with Gasteiger partial charge in [-0.3, -0.25) is 9.89 Å². The molecule has 8 nitrogen and oxygen atoms in total. The van der Waals surface area contributed by atoms with E-state index in [0.717, 1.165) is 11.0 Å². The molecule has 2 aromatic carbocycles. The largest absolute Gasteiger partial charge is 0.443 e. The highest BCUT2D eigenvalue weighted by Gasteiger charge is 2.13. The van der Waals surface area contributed by atoms with Crippen molar-refractivity contribution < 1.29 is 9.21 Å². The minimum absolute atomic E-state index is 0.280. The molecule has 0 radical (unpaired) electrons. The Labute approximate surface area is 146 Å². The molecule has 0 atom stereocenters. The second-order valence-electron chi connectivity index (χ2n) is 5.76. The number of amides is 1. The molecule has 3 heterocycles. The molecule has 0 aliphatic carbocycles. The lowest BCUT2D eigenvalue weighted by Gasteiger charge is -2.01. The van der Waals surface area contributed by atoms with E-state index in [-0.39, 0.29) is 5.91 Å². The van der Waals surface area contributed by atoms with Gasteiger partial charge in [-0.15, -0.1) is 0 Å². The van der Waals surface area contributed by atoms with E-state index < -0.39 is 0 Å². The van der Waals surface area contributed by atoms with Gasteiger partial charge in [0.05, 0.1) is 11.0 Å². The number of rotatable bonds is 3.